The second-order valence-electron chi connectivity index (χ2n) is 8.97. The number of aliphatic hydroxyl groups is 1. The van der Waals surface area contributed by atoms with Gasteiger partial charge in [0, 0.05) is 67.3 Å². The fraction of sp³-hybridized carbons (Fsp3) is 0.214. The number of anilines is 3. The van der Waals surface area contributed by atoms with Crippen LogP contribution in [0.4, 0.5) is 17.3 Å². The van der Waals surface area contributed by atoms with Gasteiger partial charge in [-0.1, -0.05) is 18.2 Å². The lowest BCUT2D eigenvalue weighted by atomic mass is 10.1. The van der Waals surface area contributed by atoms with Gasteiger partial charge in [-0.05, 0) is 60.5 Å². The molecular formula is C28H29N7O2. The van der Waals surface area contributed by atoms with E-state index in [0.717, 1.165) is 41.2 Å². The highest BCUT2D eigenvalue weighted by Crippen LogP contribution is 2.24. The zero-order valence-corrected chi connectivity index (χ0v) is 20.6. The van der Waals surface area contributed by atoms with Crippen LogP contribution in [0.3, 0.4) is 0 Å². The molecular weight excluding hydrogens is 466 g/mol. The van der Waals surface area contributed by atoms with Crippen LogP contribution in [-0.2, 0) is 6.54 Å². The predicted molar refractivity (Wildman–Crippen MR) is 143 cm³/mol. The Morgan fingerprint density at radius 3 is 2.78 bits per heavy atom. The first-order valence-corrected chi connectivity index (χ1v) is 12.2. The molecule has 4 N–H and O–H groups in total. The van der Waals surface area contributed by atoms with E-state index in [9.17, 15) is 9.90 Å². The second kappa shape index (κ2) is 11.3. The van der Waals surface area contributed by atoms with Crippen molar-refractivity contribution in [2.75, 3.05) is 30.3 Å². The van der Waals surface area contributed by atoms with Crippen molar-refractivity contribution in [3.8, 4) is 11.3 Å². The maximum atomic E-state index is 12.9. The number of amides is 1. The van der Waals surface area contributed by atoms with E-state index in [1.807, 2.05) is 72.5 Å². The molecule has 1 aliphatic rings. The molecule has 1 amide bonds. The highest BCUT2D eigenvalue weighted by atomic mass is 16.3. The first-order valence-electron chi connectivity index (χ1n) is 12.2. The fourth-order valence-corrected chi connectivity index (χ4v) is 4.16. The summed E-state index contributed by atoms with van der Waals surface area (Å²) in [5, 5.41) is 19.5. The first kappa shape index (κ1) is 24.5. The lowest BCUT2D eigenvalue weighted by Gasteiger charge is -2.32. The van der Waals surface area contributed by atoms with Gasteiger partial charge in [0.1, 0.15) is 6.23 Å². The minimum absolute atomic E-state index is 0.196. The number of hydrogen-bond donors (Lipinski definition) is 4. The van der Waals surface area contributed by atoms with Crippen LogP contribution in [0.25, 0.3) is 11.3 Å². The Hall–Kier alpha value is -4.18. The summed E-state index contributed by atoms with van der Waals surface area (Å²) in [6.07, 6.45) is 4.68. The SMILES string of the molecule is Cc1ccc(NC(=O)c2ccc(CN3CCNCC3O)cc2)cc1Nc1nccc(-c2cccnc2)n1. The molecule has 1 aliphatic heterocycles. The topological polar surface area (TPSA) is 115 Å². The Kier molecular flexibility index (Phi) is 7.46. The number of aromatic nitrogens is 3. The number of rotatable bonds is 7. The lowest BCUT2D eigenvalue weighted by Crippen LogP contribution is -2.50. The number of carbonyl (C=O) groups is 1. The number of nitrogens with one attached hydrogen (secondary N) is 3. The lowest BCUT2D eigenvalue weighted by molar-refractivity contribution is -0.0180. The van der Waals surface area contributed by atoms with E-state index in [4.69, 9.17) is 0 Å². The van der Waals surface area contributed by atoms with Gasteiger partial charge in [-0.25, -0.2) is 9.97 Å². The molecule has 0 saturated carbocycles. The van der Waals surface area contributed by atoms with E-state index in [-0.39, 0.29) is 5.91 Å². The molecule has 5 rings (SSSR count). The van der Waals surface area contributed by atoms with Gasteiger partial charge in [-0.15, -0.1) is 0 Å². The third-order valence-corrected chi connectivity index (χ3v) is 6.28. The van der Waals surface area contributed by atoms with Crippen LogP contribution in [0.5, 0.6) is 0 Å². The molecule has 2 aromatic carbocycles. The summed E-state index contributed by atoms with van der Waals surface area (Å²) in [7, 11) is 0. The van der Waals surface area contributed by atoms with Crippen LogP contribution in [0.2, 0.25) is 0 Å². The number of pyridine rings is 1. The molecule has 0 spiro atoms. The van der Waals surface area contributed by atoms with Crippen molar-refractivity contribution < 1.29 is 9.90 Å². The van der Waals surface area contributed by atoms with Gasteiger partial charge in [0.05, 0.1) is 5.69 Å². The minimum Gasteiger partial charge on any atom is -0.377 e. The van der Waals surface area contributed by atoms with Gasteiger partial charge in [-0.2, -0.15) is 0 Å². The number of hydrogen-bond acceptors (Lipinski definition) is 8. The molecule has 2 aromatic heterocycles. The van der Waals surface area contributed by atoms with E-state index in [0.29, 0.717) is 30.3 Å². The van der Waals surface area contributed by atoms with E-state index in [1.54, 1.807) is 18.6 Å². The summed E-state index contributed by atoms with van der Waals surface area (Å²) in [5.74, 6) is 0.261. The highest BCUT2D eigenvalue weighted by Gasteiger charge is 2.19. The van der Waals surface area contributed by atoms with E-state index in [2.05, 4.69) is 30.9 Å². The first-order chi connectivity index (χ1) is 18.0. The summed E-state index contributed by atoms with van der Waals surface area (Å²) >= 11 is 0. The largest absolute Gasteiger partial charge is 0.377 e. The molecule has 0 bridgehead atoms. The quantitative estimate of drug-likeness (QED) is 0.308. The normalized spacial score (nSPS) is 15.8. The molecule has 0 radical (unpaired) electrons. The molecule has 4 aromatic rings. The van der Waals surface area contributed by atoms with Crippen molar-refractivity contribution in [3.05, 3.63) is 95.9 Å². The number of benzene rings is 2. The van der Waals surface area contributed by atoms with Crippen molar-refractivity contribution in [2.24, 2.45) is 0 Å². The molecule has 188 valence electrons. The molecule has 1 saturated heterocycles. The van der Waals surface area contributed by atoms with Crippen molar-refractivity contribution in [1.82, 2.24) is 25.2 Å². The third-order valence-electron chi connectivity index (χ3n) is 6.28. The van der Waals surface area contributed by atoms with Crippen molar-refractivity contribution in [2.45, 2.75) is 19.7 Å². The van der Waals surface area contributed by atoms with E-state index < -0.39 is 6.23 Å². The van der Waals surface area contributed by atoms with Gasteiger partial charge in [0.25, 0.3) is 5.91 Å². The average Bonchev–Trinajstić information content (AvgIpc) is 2.93. The number of piperazine rings is 1. The van der Waals surface area contributed by atoms with Crippen LogP contribution in [0.1, 0.15) is 21.5 Å². The van der Waals surface area contributed by atoms with Crippen LogP contribution in [0, 0.1) is 6.92 Å². The maximum absolute atomic E-state index is 12.9. The van der Waals surface area contributed by atoms with Gasteiger partial charge in [-0.3, -0.25) is 14.7 Å². The Morgan fingerprint density at radius 2 is 2.00 bits per heavy atom. The summed E-state index contributed by atoms with van der Waals surface area (Å²) in [4.78, 5) is 28.0. The van der Waals surface area contributed by atoms with Gasteiger partial charge in [0.2, 0.25) is 5.95 Å². The number of β-amino-alcohol motifs (C(OH)–C–C–N with tert-alkyl or cyclic N) is 1. The molecule has 9 heteroatoms. The van der Waals surface area contributed by atoms with Crippen LogP contribution in [-0.4, -0.2) is 56.7 Å². The Bertz CT molecular complexity index is 1360. The molecule has 1 fully saturated rings. The van der Waals surface area contributed by atoms with Gasteiger partial charge in [0.15, 0.2) is 0 Å². The number of carbonyl (C=O) groups excluding carboxylic acids is 1. The molecule has 0 aliphatic carbocycles. The maximum Gasteiger partial charge on any atom is 0.255 e. The summed E-state index contributed by atoms with van der Waals surface area (Å²) in [6.45, 7) is 4.82. The van der Waals surface area contributed by atoms with Gasteiger partial charge < -0.3 is 21.1 Å². The monoisotopic (exact) mass is 495 g/mol. The number of aliphatic hydroxyl groups excluding tert-OH is 1. The number of nitrogens with zero attached hydrogens (tertiary/aromatic N) is 4. The fourth-order valence-electron chi connectivity index (χ4n) is 4.16. The number of aryl methyl sites for hydroxylation is 1. The minimum atomic E-state index is -0.496. The molecule has 1 atom stereocenters. The zero-order valence-electron chi connectivity index (χ0n) is 20.6. The van der Waals surface area contributed by atoms with Crippen molar-refractivity contribution in [3.63, 3.8) is 0 Å². The van der Waals surface area contributed by atoms with Gasteiger partial charge >= 0.3 is 0 Å². The Morgan fingerprint density at radius 1 is 1.14 bits per heavy atom. The molecule has 9 nitrogen and oxygen atoms in total. The summed E-state index contributed by atoms with van der Waals surface area (Å²) in [5.41, 5.74) is 5.73. The second-order valence-corrected chi connectivity index (χ2v) is 8.97. The average molecular weight is 496 g/mol. The smallest absolute Gasteiger partial charge is 0.255 e. The highest BCUT2D eigenvalue weighted by molar-refractivity contribution is 6.04. The molecule has 3 heterocycles. The van der Waals surface area contributed by atoms with Crippen LogP contribution >= 0.6 is 0 Å². The molecule has 37 heavy (non-hydrogen) atoms. The summed E-state index contributed by atoms with van der Waals surface area (Å²) < 4.78 is 0. The molecule has 1 unspecified atom stereocenters. The van der Waals surface area contributed by atoms with Crippen LogP contribution < -0.4 is 16.0 Å². The third kappa shape index (κ3) is 6.15. The van der Waals surface area contributed by atoms with E-state index >= 15 is 0 Å². The standard InChI is InChI=1S/C28H29N7O2/c1-19-4-9-23(15-25(19)34-28-31-12-10-24(33-28)22-3-2-11-29-16-22)32-27(37)21-7-5-20(6-8-21)18-35-14-13-30-17-26(35)36/h2-12,15-16,26,30,36H,13-14,17-18H2,1H3,(H,32,37)(H,31,33,34). The zero-order chi connectivity index (χ0) is 25.6. The Balaban J connectivity index is 1.25. The van der Waals surface area contributed by atoms with Crippen LogP contribution in [0.15, 0.2) is 79.3 Å². The van der Waals surface area contributed by atoms with E-state index in [1.165, 1.54) is 0 Å². The predicted octanol–water partition coefficient (Wildman–Crippen LogP) is 3.57. The Labute approximate surface area is 215 Å². The van der Waals surface area contributed by atoms with Crippen molar-refractivity contribution in [1.29, 1.82) is 0 Å². The summed E-state index contributed by atoms with van der Waals surface area (Å²) in [6, 6.07) is 18.8. The van der Waals surface area contributed by atoms with Crippen molar-refractivity contribution >= 4 is 23.2 Å².